The summed E-state index contributed by atoms with van der Waals surface area (Å²) in [4.78, 5) is 14.3. The third-order valence-corrected chi connectivity index (χ3v) is 9.23. The van der Waals surface area contributed by atoms with Crippen molar-refractivity contribution in [2.45, 2.75) is 144 Å². The third-order valence-electron chi connectivity index (χ3n) is 9.23. The Bertz CT molecular complexity index is 1080. The molecule has 0 aliphatic carbocycles. The number of Topliss-reactive ketones (excluding diaryl/α,β-unsaturated/α-hetero) is 1. The van der Waals surface area contributed by atoms with E-state index < -0.39 is 0 Å². The van der Waals surface area contributed by atoms with Crippen LogP contribution in [0, 0.1) is 0 Å². The molecule has 0 amide bonds. The Kier molecular flexibility index (Phi) is 13.5. The van der Waals surface area contributed by atoms with Crippen molar-refractivity contribution in [3.8, 4) is 0 Å². The molecule has 2 nitrogen and oxygen atoms in total. The van der Waals surface area contributed by atoms with Crippen LogP contribution in [-0.2, 0) is 6.42 Å². The van der Waals surface area contributed by atoms with Gasteiger partial charge >= 0.3 is 0 Å². The first-order valence-corrected chi connectivity index (χ1v) is 16.0. The van der Waals surface area contributed by atoms with Gasteiger partial charge in [-0.05, 0) is 127 Å². The maximum atomic E-state index is 14.3. The van der Waals surface area contributed by atoms with Crippen LogP contribution < -0.4 is 0 Å². The van der Waals surface area contributed by atoms with Crippen LogP contribution in [0.1, 0.15) is 181 Å². The van der Waals surface area contributed by atoms with Gasteiger partial charge in [0.25, 0.3) is 0 Å². The van der Waals surface area contributed by atoms with Gasteiger partial charge < -0.3 is 5.11 Å². The third kappa shape index (κ3) is 7.44. The number of rotatable bonds is 16. The van der Waals surface area contributed by atoms with Crippen LogP contribution in [-0.4, -0.2) is 10.9 Å². The highest BCUT2D eigenvalue weighted by Crippen LogP contribution is 2.47. The molecule has 0 spiro atoms. The highest BCUT2D eigenvalue weighted by atomic mass is 16.3. The van der Waals surface area contributed by atoms with Gasteiger partial charge in [0.15, 0.2) is 5.76 Å². The lowest BCUT2D eigenvalue weighted by atomic mass is 9.70. The molecule has 39 heavy (non-hydrogen) atoms. The topological polar surface area (TPSA) is 37.3 Å². The van der Waals surface area contributed by atoms with Gasteiger partial charge in [-0.25, -0.2) is 0 Å². The molecule has 2 aromatic rings. The Morgan fingerprint density at radius 2 is 1.15 bits per heavy atom. The molecule has 0 saturated heterocycles. The van der Waals surface area contributed by atoms with Crippen LogP contribution in [0.15, 0.2) is 36.1 Å². The van der Waals surface area contributed by atoms with Gasteiger partial charge in [0.2, 0.25) is 5.78 Å². The molecule has 0 aromatic heterocycles. The van der Waals surface area contributed by atoms with E-state index in [4.69, 9.17) is 0 Å². The first-order chi connectivity index (χ1) is 18.8. The zero-order valence-corrected chi connectivity index (χ0v) is 26.5. The van der Waals surface area contributed by atoms with E-state index in [1.54, 1.807) is 6.08 Å². The van der Waals surface area contributed by atoms with Crippen molar-refractivity contribution < 1.29 is 9.90 Å². The first-order valence-electron chi connectivity index (χ1n) is 16.0. The highest BCUT2D eigenvalue weighted by Gasteiger charge is 2.33. The van der Waals surface area contributed by atoms with Crippen molar-refractivity contribution in [3.63, 3.8) is 0 Å². The summed E-state index contributed by atoms with van der Waals surface area (Å²) in [7, 11) is 0. The maximum Gasteiger partial charge on any atom is 0.227 e. The molecule has 0 bridgehead atoms. The van der Waals surface area contributed by atoms with Crippen molar-refractivity contribution in [2.24, 2.45) is 0 Å². The van der Waals surface area contributed by atoms with Crippen molar-refractivity contribution >= 4 is 11.9 Å². The second kappa shape index (κ2) is 16.0. The molecule has 0 fully saturated rings. The number of aliphatic hydroxyl groups is 1. The molecule has 0 aliphatic rings. The molecule has 0 aliphatic heterocycles. The molecule has 0 atom stereocenters. The molecule has 0 saturated carbocycles. The number of carbonyl (C=O) groups is 1. The summed E-state index contributed by atoms with van der Waals surface area (Å²) < 4.78 is 0. The quantitative estimate of drug-likeness (QED) is 0.133. The average Bonchev–Trinajstić information content (AvgIpc) is 2.96. The van der Waals surface area contributed by atoms with E-state index in [0.29, 0.717) is 23.7 Å². The summed E-state index contributed by atoms with van der Waals surface area (Å²) >= 11 is 0. The molecule has 0 unspecified atom stereocenters. The fourth-order valence-electron chi connectivity index (χ4n) is 6.70. The van der Waals surface area contributed by atoms with Gasteiger partial charge in [-0.1, -0.05) is 86.6 Å². The fourth-order valence-corrected chi connectivity index (χ4v) is 6.70. The maximum absolute atomic E-state index is 14.3. The lowest BCUT2D eigenvalue weighted by Gasteiger charge is -2.34. The van der Waals surface area contributed by atoms with Crippen LogP contribution in [0.2, 0.25) is 0 Å². The largest absolute Gasteiger partial charge is 0.504 e. The van der Waals surface area contributed by atoms with E-state index in [9.17, 15) is 9.90 Å². The summed E-state index contributed by atoms with van der Waals surface area (Å²) in [5.74, 6) is 1.20. The van der Waals surface area contributed by atoms with E-state index >= 15 is 0 Å². The molecular formula is C37H56O2. The molecule has 1 N–H and O–H groups in total. The normalized spacial score (nSPS) is 12.4. The summed E-state index contributed by atoms with van der Waals surface area (Å²) in [5, 5.41) is 11.3. The van der Waals surface area contributed by atoms with Gasteiger partial charge in [-0.3, -0.25) is 4.79 Å². The smallest absolute Gasteiger partial charge is 0.227 e. The van der Waals surface area contributed by atoms with E-state index in [1.165, 1.54) is 27.8 Å². The molecule has 0 heterocycles. The Morgan fingerprint density at radius 1 is 0.667 bits per heavy atom. The lowest BCUT2D eigenvalue weighted by molar-refractivity contribution is 0.0978. The molecule has 2 aromatic carbocycles. The van der Waals surface area contributed by atoms with E-state index in [2.05, 4.69) is 80.5 Å². The van der Waals surface area contributed by atoms with Crippen molar-refractivity contribution in [2.75, 3.05) is 0 Å². The zero-order valence-electron chi connectivity index (χ0n) is 26.5. The molecular weight excluding hydrogens is 476 g/mol. The minimum absolute atomic E-state index is 0.156. The predicted molar refractivity (Wildman–Crippen MR) is 170 cm³/mol. The predicted octanol–water partition coefficient (Wildman–Crippen LogP) is 11.6. The van der Waals surface area contributed by atoms with Crippen molar-refractivity contribution in [1.29, 1.82) is 0 Å². The second-order valence-corrected chi connectivity index (χ2v) is 11.3. The minimum Gasteiger partial charge on any atom is -0.504 e. The summed E-state index contributed by atoms with van der Waals surface area (Å²) in [6.07, 6.45) is 11.0. The van der Waals surface area contributed by atoms with Crippen LogP contribution in [0.5, 0.6) is 0 Å². The Morgan fingerprint density at radius 3 is 1.64 bits per heavy atom. The molecule has 2 rings (SSSR count). The van der Waals surface area contributed by atoms with Gasteiger partial charge in [0.1, 0.15) is 0 Å². The summed E-state index contributed by atoms with van der Waals surface area (Å²) in [6, 6.07) is 10.3. The summed E-state index contributed by atoms with van der Waals surface area (Å²) in [6.45, 7) is 20.4. The van der Waals surface area contributed by atoms with E-state index in [1.807, 2.05) is 12.1 Å². The van der Waals surface area contributed by atoms with Gasteiger partial charge in [-0.15, -0.1) is 0 Å². The highest BCUT2D eigenvalue weighted by molar-refractivity contribution is 6.11. The fraction of sp³-hybridized carbons (Fsp3) is 0.595. The number of aliphatic hydroxyl groups excluding tert-OH is 1. The number of allylic oxidation sites excluding steroid dienone is 1. The number of hydrogen-bond donors (Lipinski definition) is 1. The number of ketones is 1. The van der Waals surface area contributed by atoms with Crippen LogP contribution in [0.3, 0.4) is 0 Å². The lowest BCUT2D eigenvalue weighted by Crippen LogP contribution is -2.21. The zero-order chi connectivity index (χ0) is 29.1. The van der Waals surface area contributed by atoms with Crippen LogP contribution >= 0.6 is 0 Å². The first kappa shape index (κ1) is 32.9. The number of benzene rings is 2. The van der Waals surface area contributed by atoms with Crippen molar-refractivity contribution in [3.05, 3.63) is 75.0 Å². The molecule has 2 heteroatoms. The number of aryl methyl sites for hydroxylation is 1. The van der Waals surface area contributed by atoms with Crippen molar-refractivity contribution in [1.82, 2.24) is 0 Å². The van der Waals surface area contributed by atoms with Gasteiger partial charge in [0, 0.05) is 5.56 Å². The Labute approximate surface area is 240 Å². The number of hydrogen-bond acceptors (Lipinski definition) is 2. The minimum atomic E-state index is -0.227. The molecule has 216 valence electrons. The van der Waals surface area contributed by atoms with Gasteiger partial charge in [-0.2, -0.15) is 0 Å². The standard InChI is InChI=1S/C37H56O2/c1-10-25-20-19-21-26(22-25)23-33(38)37(39)32-24-31(27(11-2)12-3)34(28(13-4)14-5)36(30(17-8)18-9)35(32)29(15-6)16-7/h19-24,27-30,38H,10-18H2,1-9H3. The van der Waals surface area contributed by atoms with Crippen LogP contribution in [0.4, 0.5) is 0 Å². The second-order valence-electron chi connectivity index (χ2n) is 11.3. The SMILES string of the molecule is CCc1cccc(C=C(O)C(=O)c2cc(C(CC)CC)c(C(CC)CC)c(C(CC)CC)c2C(CC)CC)c1. The summed E-state index contributed by atoms with van der Waals surface area (Å²) in [5.41, 5.74) is 8.35. The van der Waals surface area contributed by atoms with Crippen LogP contribution in [0.25, 0.3) is 6.08 Å². The van der Waals surface area contributed by atoms with E-state index in [-0.39, 0.29) is 11.5 Å². The number of carbonyl (C=O) groups excluding carboxylic acids is 1. The Balaban J connectivity index is 3.04. The Hall–Kier alpha value is -2.35. The van der Waals surface area contributed by atoms with E-state index in [0.717, 1.165) is 68.9 Å². The average molecular weight is 533 g/mol. The molecule has 0 radical (unpaired) electrons. The monoisotopic (exact) mass is 532 g/mol. The van der Waals surface area contributed by atoms with Gasteiger partial charge in [0.05, 0.1) is 0 Å².